The third-order valence-corrected chi connectivity index (χ3v) is 6.08. The number of nitrogens with zero attached hydrogens (tertiary/aromatic N) is 2. The van der Waals surface area contributed by atoms with Gasteiger partial charge in [-0.15, -0.1) is 11.3 Å². The summed E-state index contributed by atoms with van der Waals surface area (Å²) in [6.07, 6.45) is 5.43. The first-order valence-electron chi connectivity index (χ1n) is 6.73. The van der Waals surface area contributed by atoms with Crippen LogP contribution in [0.15, 0.2) is 11.4 Å². The summed E-state index contributed by atoms with van der Waals surface area (Å²) in [5.74, 6) is 2.63. The lowest BCUT2D eigenvalue weighted by Crippen LogP contribution is -2.15. The van der Waals surface area contributed by atoms with E-state index in [9.17, 15) is 0 Å². The molecule has 1 fully saturated rings. The van der Waals surface area contributed by atoms with Crippen LogP contribution in [0.3, 0.4) is 0 Å². The lowest BCUT2D eigenvalue weighted by molar-refractivity contribution is 0.394. The average molecular weight is 313 g/mol. The van der Waals surface area contributed by atoms with E-state index in [1.54, 1.807) is 11.3 Å². The van der Waals surface area contributed by atoms with Crippen molar-refractivity contribution in [2.45, 2.75) is 43.6 Å². The predicted octanol–water partition coefficient (Wildman–Crippen LogP) is 5.16. The Kier molecular flexibility index (Phi) is 4.30. The van der Waals surface area contributed by atoms with Crippen LogP contribution in [0.4, 0.5) is 0 Å². The van der Waals surface area contributed by atoms with Gasteiger partial charge in [-0.2, -0.15) is 11.8 Å². The fourth-order valence-electron chi connectivity index (χ4n) is 2.65. The third-order valence-electron chi connectivity index (χ3n) is 3.66. The van der Waals surface area contributed by atoms with E-state index < -0.39 is 0 Å². The van der Waals surface area contributed by atoms with Gasteiger partial charge in [-0.25, -0.2) is 9.97 Å². The van der Waals surface area contributed by atoms with Gasteiger partial charge in [0.1, 0.15) is 15.8 Å². The second-order valence-corrected chi connectivity index (χ2v) is 7.82. The molecular formula is C14H17ClN2S2. The Balaban J connectivity index is 1.67. The van der Waals surface area contributed by atoms with E-state index in [0.29, 0.717) is 5.15 Å². The van der Waals surface area contributed by atoms with Gasteiger partial charge in [-0.05, 0) is 30.2 Å². The monoisotopic (exact) mass is 312 g/mol. The van der Waals surface area contributed by atoms with Crippen LogP contribution < -0.4 is 0 Å². The third kappa shape index (κ3) is 3.23. The highest BCUT2D eigenvalue weighted by Crippen LogP contribution is 2.34. The molecule has 2 nitrogen and oxygen atoms in total. The number of thiophene rings is 1. The van der Waals surface area contributed by atoms with Gasteiger partial charge in [-0.3, -0.25) is 0 Å². The SMILES string of the molecule is CC1CCCC(SCc2nc(Cl)c3ccsc3n2)C1. The van der Waals surface area contributed by atoms with Gasteiger partial charge in [0.25, 0.3) is 0 Å². The summed E-state index contributed by atoms with van der Waals surface area (Å²) >= 11 is 9.82. The second-order valence-electron chi connectivity index (χ2n) is 5.27. The average Bonchev–Trinajstić information content (AvgIpc) is 2.85. The maximum Gasteiger partial charge on any atom is 0.141 e. The fourth-order valence-corrected chi connectivity index (χ4v) is 5.05. The molecule has 2 unspecified atom stereocenters. The van der Waals surface area contributed by atoms with Crippen LogP contribution in [0.5, 0.6) is 0 Å². The van der Waals surface area contributed by atoms with Gasteiger partial charge >= 0.3 is 0 Å². The maximum atomic E-state index is 6.19. The van der Waals surface area contributed by atoms with E-state index in [1.165, 1.54) is 25.7 Å². The van der Waals surface area contributed by atoms with E-state index in [4.69, 9.17) is 11.6 Å². The molecule has 0 spiro atoms. The number of rotatable bonds is 3. The molecule has 3 rings (SSSR count). The zero-order chi connectivity index (χ0) is 13.2. The highest BCUT2D eigenvalue weighted by Gasteiger charge is 2.19. The lowest BCUT2D eigenvalue weighted by Gasteiger charge is -2.25. The zero-order valence-corrected chi connectivity index (χ0v) is 13.3. The van der Waals surface area contributed by atoms with Gasteiger partial charge in [0, 0.05) is 10.6 Å². The van der Waals surface area contributed by atoms with Gasteiger partial charge in [-0.1, -0.05) is 31.4 Å². The Morgan fingerprint density at radius 1 is 1.42 bits per heavy atom. The molecule has 0 radical (unpaired) electrons. The summed E-state index contributed by atoms with van der Waals surface area (Å²) in [4.78, 5) is 10.0. The standard InChI is InChI=1S/C14H17ClN2S2/c1-9-3-2-4-10(7-9)19-8-12-16-13(15)11-5-6-18-14(11)17-12/h5-6,9-10H,2-4,7-8H2,1H3. The van der Waals surface area contributed by atoms with Crippen molar-refractivity contribution in [1.82, 2.24) is 9.97 Å². The topological polar surface area (TPSA) is 25.8 Å². The van der Waals surface area contributed by atoms with Crippen LogP contribution in [0.1, 0.15) is 38.4 Å². The minimum Gasteiger partial charge on any atom is -0.221 e. The summed E-state index contributed by atoms with van der Waals surface area (Å²) in [5, 5.41) is 4.36. The molecule has 2 atom stereocenters. The normalized spacial score (nSPS) is 23.9. The first kappa shape index (κ1) is 13.7. The predicted molar refractivity (Wildman–Crippen MR) is 85.1 cm³/mol. The zero-order valence-electron chi connectivity index (χ0n) is 10.9. The van der Waals surface area contributed by atoms with Gasteiger partial charge in [0.05, 0.1) is 5.75 Å². The molecule has 2 aromatic heterocycles. The number of hydrogen-bond donors (Lipinski definition) is 0. The van der Waals surface area contributed by atoms with Crippen molar-refractivity contribution < 1.29 is 0 Å². The number of aromatic nitrogens is 2. The van der Waals surface area contributed by atoms with Crippen LogP contribution in [0, 0.1) is 5.92 Å². The Morgan fingerprint density at radius 3 is 3.16 bits per heavy atom. The summed E-state index contributed by atoms with van der Waals surface area (Å²) in [6.45, 7) is 2.36. The Morgan fingerprint density at radius 2 is 2.32 bits per heavy atom. The molecular weight excluding hydrogens is 296 g/mol. The van der Waals surface area contributed by atoms with E-state index in [1.807, 2.05) is 23.2 Å². The molecule has 0 N–H and O–H groups in total. The first-order chi connectivity index (χ1) is 9.22. The first-order valence-corrected chi connectivity index (χ1v) is 9.04. The minimum atomic E-state index is 0.596. The van der Waals surface area contributed by atoms with Crippen molar-refractivity contribution in [1.29, 1.82) is 0 Å². The largest absolute Gasteiger partial charge is 0.221 e. The van der Waals surface area contributed by atoms with Gasteiger partial charge in [0.15, 0.2) is 0 Å². The number of halogens is 1. The molecule has 2 aromatic rings. The van der Waals surface area contributed by atoms with E-state index >= 15 is 0 Å². The van der Waals surface area contributed by atoms with E-state index in [-0.39, 0.29) is 0 Å². The molecule has 102 valence electrons. The summed E-state index contributed by atoms with van der Waals surface area (Å²) in [7, 11) is 0. The molecule has 1 aliphatic rings. The molecule has 0 bridgehead atoms. The van der Waals surface area contributed by atoms with Crippen LogP contribution in [0.25, 0.3) is 10.2 Å². The summed E-state index contributed by atoms with van der Waals surface area (Å²) < 4.78 is 0. The second kappa shape index (κ2) is 5.98. The summed E-state index contributed by atoms with van der Waals surface area (Å²) in [5.41, 5.74) is 0. The highest BCUT2D eigenvalue weighted by molar-refractivity contribution is 7.99. The van der Waals surface area contributed by atoms with Crippen LogP contribution >= 0.6 is 34.7 Å². The van der Waals surface area contributed by atoms with Crippen molar-refractivity contribution in [3.8, 4) is 0 Å². The fraction of sp³-hybridized carbons (Fsp3) is 0.571. The van der Waals surface area contributed by atoms with Crippen LogP contribution in [0.2, 0.25) is 5.15 Å². The van der Waals surface area contributed by atoms with E-state index in [2.05, 4.69) is 16.9 Å². The van der Waals surface area contributed by atoms with Crippen molar-refractivity contribution >= 4 is 44.9 Å². The number of hydrogen-bond acceptors (Lipinski definition) is 4. The molecule has 5 heteroatoms. The number of thioether (sulfide) groups is 1. The van der Waals surface area contributed by atoms with Crippen molar-refractivity contribution in [2.24, 2.45) is 5.92 Å². The molecule has 1 aliphatic carbocycles. The Labute approximate surface area is 127 Å². The van der Waals surface area contributed by atoms with Gasteiger partial charge in [0.2, 0.25) is 0 Å². The van der Waals surface area contributed by atoms with Crippen LogP contribution in [-0.2, 0) is 5.75 Å². The molecule has 2 heterocycles. The molecule has 19 heavy (non-hydrogen) atoms. The Hall–Kier alpha value is -0.320. The van der Waals surface area contributed by atoms with Crippen molar-refractivity contribution in [2.75, 3.05) is 0 Å². The molecule has 0 aliphatic heterocycles. The summed E-state index contributed by atoms with van der Waals surface area (Å²) in [6, 6.07) is 1.99. The van der Waals surface area contributed by atoms with E-state index in [0.717, 1.165) is 33.0 Å². The molecule has 0 amide bonds. The quantitative estimate of drug-likeness (QED) is 0.732. The van der Waals surface area contributed by atoms with Gasteiger partial charge < -0.3 is 0 Å². The number of fused-ring (bicyclic) bond motifs is 1. The smallest absolute Gasteiger partial charge is 0.141 e. The minimum absolute atomic E-state index is 0.596. The lowest BCUT2D eigenvalue weighted by atomic mass is 9.91. The van der Waals surface area contributed by atoms with Crippen LogP contribution in [-0.4, -0.2) is 15.2 Å². The molecule has 0 aromatic carbocycles. The highest BCUT2D eigenvalue weighted by atomic mass is 35.5. The Bertz CT molecular complexity index is 570. The van der Waals surface area contributed by atoms with Crippen molar-refractivity contribution in [3.05, 3.63) is 22.4 Å². The van der Waals surface area contributed by atoms with Crippen molar-refractivity contribution in [3.63, 3.8) is 0 Å². The molecule has 0 saturated heterocycles. The molecule has 1 saturated carbocycles. The maximum absolute atomic E-state index is 6.19.